The monoisotopic (exact) mass is 504 g/mol. The van der Waals surface area contributed by atoms with Crippen LogP contribution < -0.4 is 0 Å². The molecule has 0 aliphatic heterocycles. The first-order chi connectivity index (χ1) is 15.8. The molecule has 0 amide bonds. The molecule has 194 valence electrons. The van der Waals surface area contributed by atoms with Gasteiger partial charge >= 0.3 is 0 Å². The van der Waals surface area contributed by atoms with Crippen molar-refractivity contribution in [3.63, 3.8) is 0 Å². The van der Waals surface area contributed by atoms with Crippen molar-refractivity contribution in [1.82, 2.24) is 0 Å². The number of benzene rings is 1. The van der Waals surface area contributed by atoms with E-state index >= 15 is 0 Å². The highest BCUT2D eigenvalue weighted by Crippen LogP contribution is 2.28. The second-order valence-electron chi connectivity index (χ2n) is 6.74. The van der Waals surface area contributed by atoms with Crippen LogP contribution in [0, 0.1) is 23.3 Å². The van der Waals surface area contributed by atoms with E-state index in [9.17, 15) is 38.0 Å². The topological polar surface area (TPSA) is 201 Å². The van der Waals surface area contributed by atoms with E-state index in [1.807, 2.05) is 0 Å². The molecule has 0 radical (unpaired) electrons. The van der Waals surface area contributed by atoms with Crippen molar-refractivity contribution >= 4 is 0 Å². The van der Waals surface area contributed by atoms with Crippen LogP contribution >= 0.6 is 0 Å². The largest absolute Gasteiger partial charge is 0.505 e. The zero-order chi connectivity index (χ0) is 26.3. The van der Waals surface area contributed by atoms with Crippen LogP contribution in [-0.4, -0.2) is 77.4 Å². The lowest BCUT2D eigenvalue weighted by atomic mass is 10.1. The van der Waals surface area contributed by atoms with E-state index in [1.54, 1.807) is 0 Å². The van der Waals surface area contributed by atoms with Crippen molar-refractivity contribution in [1.29, 1.82) is 0 Å². The minimum Gasteiger partial charge on any atom is -0.505 e. The van der Waals surface area contributed by atoms with Gasteiger partial charge in [-0.3, -0.25) is 0 Å². The zero-order valence-electron chi connectivity index (χ0n) is 17.5. The van der Waals surface area contributed by atoms with Gasteiger partial charge in [0.1, 0.15) is 25.4 Å². The molecule has 34 heavy (non-hydrogen) atoms. The Morgan fingerprint density at radius 2 is 1.06 bits per heavy atom. The summed E-state index contributed by atoms with van der Waals surface area (Å²) in [6.07, 6.45) is -9.27. The van der Waals surface area contributed by atoms with E-state index in [1.165, 1.54) is 0 Å². The van der Waals surface area contributed by atoms with Gasteiger partial charge in [0, 0.05) is 13.0 Å². The molecule has 2 atom stereocenters. The second kappa shape index (κ2) is 12.7. The number of aliphatic hydroxyl groups is 9. The Balaban J connectivity index is 3.31. The summed E-state index contributed by atoms with van der Waals surface area (Å²) in [6, 6.07) is 0. The van der Waals surface area contributed by atoms with Crippen molar-refractivity contribution in [2.75, 3.05) is 6.61 Å². The number of aliphatic hydroxyl groups excluding tert-OH is 7. The van der Waals surface area contributed by atoms with Gasteiger partial charge in [-0.05, 0) is 6.92 Å². The Hall–Kier alpha value is -2.66. The Bertz CT molecular complexity index is 887. The van der Waals surface area contributed by atoms with Crippen LogP contribution in [0.3, 0.4) is 0 Å². The lowest BCUT2D eigenvalue weighted by Gasteiger charge is -2.20. The molecule has 1 aromatic carbocycles. The maximum absolute atomic E-state index is 14.4. The molecule has 0 bridgehead atoms. The number of ether oxygens (including phenoxy) is 2. The fraction of sp³-hybridized carbons (Fsp3) is 0.474. The summed E-state index contributed by atoms with van der Waals surface area (Å²) < 4.78 is 67.2. The van der Waals surface area contributed by atoms with Crippen molar-refractivity contribution in [3.05, 3.63) is 57.4 Å². The van der Waals surface area contributed by atoms with Crippen molar-refractivity contribution in [2.45, 2.75) is 51.3 Å². The third kappa shape index (κ3) is 6.92. The van der Waals surface area contributed by atoms with Crippen LogP contribution in [0.5, 0.6) is 0 Å². The average molecular weight is 504 g/mol. The first-order valence-electron chi connectivity index (χ1n) is 9.40. The number of rotatable bonds is 12. The quantitative estimate of drug-likeness (QED) is 0.0773. The third-order valence-electron chi connectivity index (χ3n) is 4.27. The lowest BCUT2D eigenvalue weighted by molar-refractivity contribution is -0.0509. The number of hydrogen-bond acceptors (Lipinski definition) is 11. The van der Waals surface area contributed by atoms with Gasteiger partial charge in [-0.15, -0.1) is 0 Å². The molecule has 15 heteroatoms. The summed E-state index contributed by atoms with van der Waals surface area (Å²) in [7, 11) is 0. The molecule has 0 saturated carbocycles. The maximum Gasteiger partial charge on any atom is 0.215 e. The van der Waals surface area contributed by atoms with Crippen molar-refractivity contribution < 1.29 is 73.0 Å². The van der Waals surface area contributed by atoms with Gasteiger partial charge in [0.05, 0.1) is 11.1 Å². The van der Waals surface area contributed by atoms with Gasteiger partial charge in [0.2, 0.25) is 12.6 Å². The van der Waals surface area contributed by atoms with Crippen LogP contribution in [0.1, 0.15) is 24.5 Å². The fourth-order valence-electron chi connectivity index (χ4n) is 2.53. The summed E-state index contributed by atoms with van der Waals surface area (Å²) in [5.41, 5.74) is -2.74. The molecule has 2 unspecified atom stereocenters. The van der Waals surface area contributed by atoms with Crippen LogP contribution in [-0.2, 0) is 22.7 Å². The maximum atomic E-state index is 14.4. The summed E-state index contributed by atoms with van der Waals surface area (Å²) in [4.78, 5) is 0. The molecule has 1 aromatic rings. The fourth-order valence-corrected chi connectivity index (χ4v) is 2.53. The molecule has 0 fully saturated rings. The van der Waals surface area contributed by atoms with E-state index in [0.717, 1.165) is 6.92 Å². The van der Waals surface area contributed by atoms with Gasteiger partial charge in [0.25, 0.3) is 0 Å². The molecular weight excluding hydrogens is 480 g/mol. The smallest absolute Gasteiger partial charge is 0.215 e. The molecule has 0 aliphatic rings. The summed E-state index contributed by atoms with van der Waals surface area (Å²) in [6.45, 7) is -2.40. The normalized spacial score (nSPS) is 15.2. The van der Waals surface area contributed by atoms with E-state index in [-0.39, 0.29) is 0 Å². The van der Waals surface area contributed by atoms with Gasteiger partial charge < -0.3 is 55.4 Å². The van der Waals surface area contributed by atoms with E-state index in [0.29, 0.717) is 0 Å². The second-order valence-corrected chi connectivity index (χ2v) is 6.74. The SMILES string of the molecule is CC(O)/C(OCc1c(F)c(F)c(CO/C(=C(\O)C(O)O)C(O)CCO)c(F)c1F)=C(/O)C(O)O. The lowest BCUT2D eigenvalue weighted by Crippen LogP contribution is -2.22. The highest BCUT2D eigenvalue weighted by atomic mass is 19.2. The summed E-state index contributed by atoms with van der Waals surface area (Å²) in [5.74, 6) is -12.7. The Morgan fingerprint density at radius 3 is 1.38 bits per heavy atom. The molecule has 0 aromatic heterocycles. The predicted molar refractivity (Wildman–Crippen MR) is 101 cm³/mol. The van der Waals surface area contributed by atoms with E-state index in [4.69, 9.17) is 35.0 Å². The van der Waals surface area contributed by atoms with Crippen molar-refractivity contribution in [3.8, 4) is 0 Å². The first kappa shape index (κ1) is 29.4. The molecule has 0 spiro atoms. The van der Waals surface area contributed by atoms with Gasteiger partial charge in [0.15, 0.2) is 46.3 Å². The molecule has 0 saturated heterocycles. The average Bonchev–Trinajstić information content (AvgIpc) is 2.76. The minimum absolute atomic E-state index is 0.523. The first-order valence-corrected chi connectivity index (χ1v) is 9.40. The van der Waals surface area contributed by atoms with Gasteiger partial charge in [-0.2, -0.15) is 0 Å². The van der Waals surface area contributed by atoms with Crippen LogP contribution in [0.15, 0.2) is 23.0 Å². The van der Waals surface area contributed by atoms with Gasteiger partial charge in [-0.25, -0.2) is 17.6 Å². The van der Waals surface area contributed by atoms with E-state index < -0.39 is 108 Å². The Labute approximate surface area is 189 Å². The summed E-state index contributed by atoms with van der Waals surface area (Å²) in [5, 5.41) is 83.0. The summed E-state index contributed by atoms with van der Waals surface area (Å²) >= 11 is 0. The van der Waals surface area contributed by atoms with Crippen LogP contribution in [0.25, 0.3) is 0 Å². The van der Waals surface area contributed by atoms with Crippen LogP contribution in [0.2, 0.25) is 0 Å². The predicted octanol–water partition coefficient (Wildman–Crippen LogP) is -0.439. The number of halogens is 4. The van der Waals surface area contributed by atoms with Crippen molar-refractivity contribution in [2.24, 2.45) is 0 Å². The zero-order valence-corrected chi connectivity index (χ0v) is 17.5. The molecule has 11 nitrogen and oxygen atoms in total. The third-order valence-corrected chi connectivity index (χ3v) is 4.27. The minimum atomic E-state index is -2.60. The molecule has 0 aliphatic carbocycles. The highest BCUT2D eigenvalue weighted by molar-refractivity contribution is 5.30. The molecule has 1 rings (SSSR count). The molecule has 9 N–H and O–H groups in total. The highest BCUT2D eigenvalue weighted by Gasteiger charge is 2.29. The Morgan fingerprint density at radius 1 is 0.706 bits per heavy atom. The molecular formula is C19H24F4O11. The van der Waals surface area contributed by atoms with Gasteiger partial charge in [-0.1, -0.05) is 0 Å². The Kier molecular flexibility index (Phi) is 11.0. The van der Waals surface area contributed by atoms with Crippen LogP contribution in [0.4, 0.5) is 17.6 Å². The van der Waals surface area contributed by atoms with E-state index in [2.05, 4.69) is 0 Å². The molecule has 0 heterocycles. The number of hydrogen-bond donors (Lipinski definition) is 9. The standard InChI is InChI=1S/C19H24F4O11/c1-6(25)16(14(27)18(29)30)33-4-7-10(20)12(22)8(13(23)11(7)21)5-34-17(9(26)2-3-24)15(28)19(31)32/h6,9,18-19,24-32H,2-5H2,1H3/b16-14-,17-15-.